The molecular formula is C19H26ClN2O3+. The van der Waals surface area contributed by atoms with Gasteiger partial charge in [0, 0.05) is 17.0 Å². The third-order valence-electron chi connectivity index (χ3n) is 5.46. The van der Waals surface area contributed by atoms with Gasteiger partial charge in [-0.05, 0) is 31.0 Å². The topological polar surface area (TPSA) is 51.1 Å². The van der Waals surface area contributed by atoms with Crippen LogP contribution in [0.1, 0.15) is 44.1 Å². The number of ether oxygens (including phenoxy) is 1. The molecule has 1 aromatic carbocycles. The van der Waals surface area contributed by atoms with Gasteiger partial charge in [-0.1, -0.05) is 30.9 Å². The van der Waals surface area contributed by atoms with Crippen molar-refractivity contribution in [2.24, 2.45) is 5.41 Å². The first-order valence-electron chi connectivity index (χ1n) is 8.94. The van der Waals surface area contributed by atoms with Crippen LogP contribution in [-0.2, 0) is 16.1 Å². The largest absolute Gasteiger partial charge is 0.496 e. The molecule has 5 nitrogen and oxygen atoms in total. The van der Waals surface area contributed by atoms with Gasteiger partial charge in [-0.25, -0.2) is 4.90 Å². The van der Waals surface area contributed by atoms with Crippen molar-refractivity contribution >= 4 is 23.4 Å². The Morgan fingerprint density at radius 1 is 1.24 bits per heavy atom. The first kappa shape index (κ1) is 18.2. The summed E-state index contributed by atoms with van der Waals surface area (Å²) in [5.41, 5.74) is 0.558. The summed E-state index contributed by atoms with van der Waals surface area (Å²) in [6.45, 7) is 1.02. The molecule has 2 fully saturated rings. The number of benzene rings is 1. The summed E-state index contributed by atoms with van der Waals surface area (Å²) >= 11 is 6.09. The third kappa shape index (κ3) is 3.67. The Kier molecular flexibility index (Phi) is 5.35. The van der Waals surface area contributed by atoms with E-state index in [1.54, 1.807) is 13.2 Å². The van der Waals surface area contributed by atoms with E-state index >= 15 is 0 Å². The summed E-state index contributed by atoms with van der Waals surface area (Å²) in [7, 11) is 3.61. The number of nitrogens with zero attached hydrogens (tertiary/aromatic N) is 1. The summed E-state index contributed by atoms with van der Waals surface area (Å²) < 4.78 is 5.38. The number of halogens is 1. The molecule has 2 aliphatic rings. The van der Waals surface area contributed by atoms with Gasteiger partial charge >= 0.3 is 0 Å². The summed E-state index contributed by atoms with van der Waals surface area (Å²) in [5, 5.41) is 0.651. The standard InChI is InChI=1S/C19H25ClN2O3/c1-21(12-14-10-15(20)6-7-16(14)25-2)13-22-17(23)11-19(18(22)24)8-4-3-5-9-19/h6-7,10H,3-5,8-9,11-13H2,1-2H3/p+1. The minimum atomic E-state index is -0.413. The van der Waals surface area contributed by atoms with Gasteiger partial charge in [-0.15, -0.1) is 0 Å². The first-order chi connectivity index (χ1) is 11.9. The molecule has 1 spiro atoms. The average Bonchev–Trinajstić information content (AvgIpc) is 2.80. The number of hydrogen-bond donors (Lipinski definition) is 1. The van der Waals surface area contributed by atoms with E-state index in [2.05, 4.69) is 0 Å². The fourth-order valence-electron chi connectivity index (χ4n) is 4.18. The van der Waals surface area contributed by atoms with Crippen molar-refractivity contribution < 1.29 is 19.2 Å². The molecule has 136 valence electrons. The first-order valence-corrected chi connectivity index (χ1v) is 9.31. The highest BCUT2D eigenvalue weighted by molar-refractivity contribution is 6.30. The summed E-state index contributed by atoms with van der Waals surface area (Å²) in [6, 6.07) is 5.51. The lowest BCUT2D eigenvalue weighted by Crippen LogP contribution is -3.09. The summed E-state index contributed by atoms with van der Waals surface area (Å²) in [4.78, 5) is 27.9. The van der Waals surface area contributed by atoms with E-state index in [4.69, 9.17) is 16.3 Å². The lowest BCUT2D eigenvalue weighted by atomic mass is 9.73. The minimum Gasteiger partial charge on any atom is -0.496 e. The van der Waals surface area contributed by atoms with Crippen molar-refractivity contribution in [1.82, 2.24) is 4.90 Å². The molecule has 1 aromatic rings. The molecule has 1 saturated heterocycles. The van der Waals surface area contributed by atoms with Crippen molar-refractivity contribution in [2.75, 3.05) is 20.8 Å². The van der Waals surface area contributed by atoms with E-state index in [9.17, 15) is 9.59 Å². The maximum Gasteiger partial charge on any atom is 0.240 e. The average molecular weight is 366 g/mol. The van der Waals surface area contributed by atoms with Crippen LogP contribution in [0, 0.1) is 5.41 Å². The number of rotatable bonds is 5. The van der Waals surface area contributed by atoms with Gasteiger partial charge in [-0.2, -0.15) is 0 Å². The lowest BCUT2D eigenvalue weighted by molar-refractivity contribution is -0.901. The van der Waals surface area contributed by atoms with Crippen molar-refractivity contribution in [2.45, 2.75) is 45.1 Å². The van der Waals surface area contributed by atoms with Crippen molar-refractivity contribution in [3.05, 3.63) is 28.8 Å². The van der Waals surface area contributed by atoms with E-state index in [1.165, 1.54) is 11.3 Å². The molecule has 1 heterocycles. The third-order valence-corrected chi connectivity index (χ3v) is 5.70. The lowest BCUT2D eigenvalue weighted by Gasteiger charge is -2.30. The molecule has 25 heavy (non-hydrogen) atoms. The second kappa shape index (κ2) is 7.34. The molecule has 6 heteroatoms. The molecule has 1 saturated carbocycles. The zero-order valence-electron chi connectivity index (χ0n) is 14.9. The van der Waals surface area contributed by atoms with E-state index in [1.807, 2.05) is 19.2 Å². The summed E-state index contributed by atoms with van der Waals surface area (Å²) in [6.07, 6.45) is 5.37. The fraction of sp³-hybridized carbons (Fsp3) is 0.579. The van der Waals surface area contributed by atoms with Crippen LogP contribution in [-0.4, -0.2) is 37.5 Å². The maximum absolute atomic E-state index is 12.9. The van der Waals surface area contributed by atoms with Gasteiger partial charge in [0.25, 0.3) is 0 Å². The normalized spacial score (nSPS) is 21.0. The number of carbonyl (C=O) groups excluding carboxylic acids is 2. The van der Waals surface area contributed by atoms with Crippen molar-refractivity contribution in [3.8, 4) is 5.75 Å². The van der Waals surface area contributed by atoms with Crippen LogP contribution in [0.4, 0.5) is 0 Å². The highest BCUT2D eigenvalue weighted by atomic mass is 35.5. The Morgan fingerprint density at radius 2 is 1.96 bits per heavy atom. The van der Waals surface area contributed by atoms with Crippen LogP contribution in [0.5, 0.6) is 5.75 Å². The second-order valence-corrected chi connectivity index (χ2v) is 7.83. The zero-order valence-corrected chi connectivity index (χ0v) is 15.7. The van der Waals surface area contributed by atoms with E-state index in [0.29, 0.717) is 24.7 Å². The number of carbonyl (C=O) groups is 2. The van der Waals surface area contributed by atoms with Crippen LogP contribution in [0.3, 0.4) is 0 Å². The maximum atomic E-state index is 12.9. The Balaban J connectivity index is 1.69. The van der Waals surface area contributed by atoms with E-state index < -0.39 is 5.41 Å². The zero-order chi connectivity index (χ0) is 18.0. The fourth-order valence-corrected chi connectivity index (χ4v) is 4.37. The number of imide groups is 1. The number of amides is 2. The molecule has 1 atom stereocenters. The van der Waals surface area contributed by atoms with Gasteiger partial charge < -0.3 is 9.64 Å². The number of hydrogen-bond acceptors (Lipinski definition) is 3. The van der Waals surface area contributed by atoms with Crippen LogP contribution in [0.2, 0.25) is 5.02 Å². The molecule has 2 amide bonds. The smallest absolute Gasteiger partial charge is 0.240 e. The quantitative estimate of drug-likeness (QED) is 0.812. The Labute approximate surface area is 153 Å². The molecule has 1 N–H and O–H groups in total. The molecular weight excluding hydrogens is 340 g/mol. The predicted octanol–water partition coefficient (Wildman–Crippen LogP) is 2.03. The molecule has 0 radical (unpaired) electrons. The molecule has 0 aromatic heterocycles. The Hall–Kier alpha value is -1.59. The van der Waals surface area contributed by atoms with Crippen LogP contribution in [0.15, 0.2) is 18.2 Å². The number of nitrogens with one attached hydrogen (secondary N) is 1. The van der Waals surface area contributed by atoms with Crippen LogP contribution in [0.25, 0.3) is 0 Å². The van der Waals surface area contributed by atoms with Crippen LogP contribution < -0.4 is 9.64 Å². The Bertz CT molecular complexity index is 671. The molecule has 1 aliphatic carbocycles. The van der Waals surface area contributed by atoms with Gasteiger partial charge in [0.1, 0.15) is 12.3 Å². The van der Waals surface area contributed by atoms with Crippen molar-refractivity contribution in [1.29, 1.82) is 0 Å². The molecule has 3 rings (SSSR count). The number of quaternary nitrogens is 1. The number of methoxy groups -OCH3 is 1. The van der Waals surface area contributed by atoms with Crippen LogP contribution >= 0.6 is 11.6 Å². The van der Waals surface area contributed by atoms with Crippen molar-refractivity contribution in [3.63, 3.8) is 0 Å². The highest BCUT2D eigenvalue weighted by Crippen LogP contribution is 2.44. The Morgan fingerprint density at radius 3 is 2.64 bits per heavy atom. The SMILES string of the molecule is COc1ccc(Cl)cc1C[NH+](C)CN1C(=O)CC2(CCCCC2)C1=O. The molecule has 1 aliphatic heterocycles. The van der Waals surface area contributed by atoms with E-state index in [0.717, 1.165) is 41.9 Å². The minimum absolute atomic E-state index is 0.0238. The van der Waals surface area contributed by atoms with Gasteiger partial charge in [0.2, 0.25) is 11.8 Å². The monoisotopic (exact) mass is 365 g/mol. The van der Waals surface area contributed by atoms with Gasteiger partial charge in [-0.3, -0.25) is 9.59 Å². The van der Waals surface area contributed by atoms with E-state index in [-0.39, 0.29) is 11.8 Å². The van der Waals surface area contributed by atoms with Gasteiger partial charge in [0.05, 0.1) is 19.6 Å². The molecule has 1 unspecified atom stereocenters. The molecule has 0 bridgehead atoms. The summed E-state index contributed by atoms with van der Waals surface area (Å²) in [5.74, 6) is 0.783. The van der Waals surface area contributed by atoms with Gasteiger partial charge in [0.15, 0.2) is 6.67 Å². The predicted molar refractivity (Wildman–Crippen MR) is 95.4 cm³/mol. The number of likely N-dealkylation sites (tertiary alicyclic amines) is 1. The highest BCUT2D eigenvalue weighted by Gasteiger charge is 2.52. The second-order valence-electron chi connectivity index (χ2n) is 7.39.